The Kier molecular flexibility index (Phi) is 6.45. The van der Waals surface area contributed by atoms with Crippen molar-refractivity contribution in [1.29, 1.82) is 0 Å². The molecule has 3 rings (SSSR count). The van der Waals surface area contributed by atoms with Crippen molar-refractivity contribution in [3.05, 3.63) is 60.7 Å². The largest absolute Gasteiger partial charge is 0.444 e. The predicted octanol–water partition coefficient (Wildman–Crippen LogP) is 5.72. The Bertz CT molecular complexity index is 998. The minimum absolute atomic E-state index is 0.383. The lowest BCUT2D eigenvalue weighted by molar-refractivity contribution is -0.121. The molecule has 2 N–H and O–H groups in total. The maximum Gasteiger partial charge on any atom is 0.408 e. The van der Waals surface area contributed by atoms with Gasteiger partial charge in [-0.25, -0.2) is 9.78 Å². The zero-order chi connectivity index (χ0) is 22.6. The van der Waals surface area contributed by atoms with Crippen molar-refractivity contribution in [3.8, 4) is 21.7 Å². The number of alkyl carbamates (subject to hydrolysis) is 1. The molecule has 1 heterocycles. The highest BCUT2D eigenvalue weighted by atomic mass is 32.1. The van der Waals surface area contributed by atoms with Crippen molar-refractivity contribution in [2.45, 2.75) is 45.8 Å². The van der Waals surface area contributed by atoms with Gasteiger partial charge in [-0.15, -0.1) is 0 Å². The first-order valence-electron chi connectivity index (χ1n) is 9.99. The molecule has 0 aliphatic rings. The van der Waals surface area contributed by atoms with Crippen molar-refractivity contribution in [1.82, 2.24) is 10.3 Å². The van der Waals surface area contributed by atoms with Crippen molar-refractivity contribution >= 4 is 28.5 Å². The number of aromatic nitrogens is 1. The summed E-state index contributed by atoms with van der Waals surface area (Å²) in [6, 6.07) is 19.8. The van der Waals surface area contributed by atoms with Crippen LogP contribution in [0, 0.1) is 0 Å². The summed E-state index contributed by atoms with van der Waals surface area (Å²) in [5, 5.41) is 5.93. The molecule has 3 aromatic rings. The number of benzene rings is 2. The molecule has 2 aromatic carbocycles. The molecule has 0 saturated carbocycles. The molecule has 0 radical (unpaired) electrons. The molecule has 0 bridgehead atoms. The highest BCUT2D eigenvalue weighted by molar-refractivity contribution is 7.19. The first-order chi connectivity index (χ1) is 14.5. The third kappa shape index (κ3) is 5.92. The van der Waals surface area contributed by atoms with E-state index in [1.807, 2.05) is 60.7 Å². The number of carbonyl (C=O) groups is 2. The Balaban J connectivity index is 1.85. The number of ether oxygens (including phenoxy) is 1. The van der Waals surface area contributed by atoms with Crippen molar-refractivity contribution in [2.75, 3.05) is 5.32 Å². The highest BCUT2D eigenvalue weighted by Gasteiger charge is 2.32. The Morgan fingerprint density at radius 2 is 1.42 bits per heavy atom. The number of rotatable bonds is 5. The average molecular weight is 438 g/mol. The Hall–Kier alpha value is -3.19. The summed E-state index contributed by atoms with van der Waals surface area (Å²) in [7, 11) is 0. The molecule has 31 heavy (non-hydrogen) atoms. The van der Waals surface area contributed by atoms with Gasteiger partial charge in [-0.05, 0) is 40.2 Å². The zero-order valence-corrected chi connectivity index (χ0v) is 19.2. The summed E-state index contributed by atoms with van der Waals surface area (Å²) in [5.74, 6) is -0.383. The maximum atomic E-state index is 12.9. The van der Waals surface area contributed by atoms with E-state index in [-0.39, 0.29) is 5.91 Å². The third-order valence-electron chi connectivity index (χ3n) is 4.31. The number of anilines is 1. The molecule has 6 nitrogen and oxygen atoms in total. The van der Waals surface area contributed by atoms with E-state index in [9.17, 15) is 9.59 Å². The first-order valence-corrected chi connectivity index (χ1v) is 10.8. The normalized spacial score (nSPS) is 11.6. The standard InChI is InChI=1S/C24H27N3O3S/c1-23(2,3)30-22(29)27-24(4,5)20(28)26-21-25-18(16-12-8-6-9-13-16)19(31-21)17-14-10-7-11-15-17/h6-15H,1-5H3,(H,27,29)(H,25,26,28). The molecule has 162 valence electrons. The monoisotopic (exact) mass is 437 g/mol. The van der Waals surface area contributed by atoms with Gasteiger partial charge >= 0.3 is 6.09 Å². The van der Waals surface area contributed by atoms with Gasteiger partial charge in [0.05, 0.1) is 10.6 Å². The van der Waals surface area contributed by atoms with Crippen molar-refractivity contribution < 1.29 is 14.3 Å². The highest BCUT2D eigenvalue weighted by Crippen LogP contribution is 2.39. The molecular weight excluding hydrogens is 410 g/mol. The number of carbonyl (C=O) groups excluding carboxylic acids is 2. The van der Waals surface area contributed by atoms with Crippen LogP contribution in [0.4, 0.5) is 9.93 Å². The quantitative estimate of drug-likeness (QED) is 0.535. The second kappa shape index (κ2) is 8.89. The van der Waals surface area contributed by atoms with E-state index in [0.29, 0.717) is 5.13 Å². The second-order valence-electron chi connectivity index (χ2n) is 8.63. The second-order valence-corrected chi connectivity index (χ2v) is 9.63. The first kappa shape index (κ1) is 22.5. The van der Waals surface area contributed by atoms with E-state index in [0.717, 1.165) is 21.7 Å². The van der Waals surface area contributed by atoms with Gasteiger partial charge in [0.15, 0.2) is 5.13 Å². The fourth-order valence-corrected chi connectivity index (χ4v) is 3.81. The molecule has 0 atom stereocenters. The van der Waals surface area contributed by atoms with E-state index in [1.165, 1.54) is 11.3 Å². The number of nitrogens with zero attached hydrogens (tertiary/aromatic N) is 1. The number of thiazole rings is 1. The molecule has 2 amide bonds. The van der Waals surface area contributed by atoms with Crippen LogP contribution in [0.25, 0.3) is 21.7 Å². The van der Waals surface area contributed by atoms with Crippen LogP contribution in [0.1, 0.15) is 34.6 Å². The van der Waals surface area contributed by atoms with Gasteiger partial charge in [0.2, 0.25) is 0 Å². The van der Waals surface area contributed by atoms with Gasteiger partial charge in [0, 0.05) is 5.56 Å². The van der Waals surface area contributed by atoms with Crippen LogP contribution in [-0.4, -0.2) is 28.1 Å². The molecule has 0 aliphatic heterocycles. The maximum absolute atomic E-state index is 12.9. The van der Waals surface area contributed by atoms with Gasteiger partial charge in [-0.3, -0.25) is 10.1 Å². The molecule has 0 unspecified atom stereocenters. The van der Waals surface area contributed by atoms with Crippen LogP contribution in [0.5, 0.6) is 0 Å². The number of nitrogens with one attached hydrogen (secondary N) is 2. The molecule has 1 aromatic heterocycles. The van der Waals surface area contributed by atoms with Gasteiger partial charge in [0.25, 0.3) is 5.91 Å². The van der Waals surface area contributed by atoms with Gasteiger partial charge in [-0.1, -0.05) is 72.0 Å². The van der Waals surface area contributed by atoms with E-state index < -0.39 is 17.2 Å². The topological polar surface area (TPSA) is 80.3 Å². The molecule has 0 saturated heterocycles. The minimum atomic E-state index is -1.19. The van der Waals surface area contributed by atoms with E-state index in [4.69, 9.17) is 9.72 Å². The third-order valence-corrected chi connectivity index (χ3v) is 5.33. The molecule has 0 aliphatic carbocycles. The van der Waals surface area contributed by atoms with Crippen LogP contribution in [0.15, 0.2) is 60.7 Å². The lowest BCUT2D eigenvalue weighted by Gasteiger charge is -2.27. The summed E-state index contributed by atoms with van der Waals surface area (Å²) in [6.45, 7) is 8.55. The van der Waals surface area contributed by atoms with Crippen LogP contribution < -0.4 is 10.6 Å². The van der Waals surface area contributed by atoms with Crippen LogP contribution in [-0.2, 0) is 9.53 Å². The molecule has 0 spiro atoms. The van der Waals surface area contributed by atoms with Gasteiger partial charge < -0.3 is 10.1 Å². The summed E-state index contributed by atoms with van der Waals surface area (Å²) in [6.07, 6.45) is -0.651. The zero-order valence-electron chi connectivity index (χ0n) is 18.4. The molecular formula is C24H27N3O3S. The van der Waals surface area contributed by atoms with E-state index >= 15 is 0 Å². The van der Waals surface area contributed by atoms with Crippen molar-refractivity contribution in [3.63, 3.8) is 0 Å². The fourth-order valence-electron chi connectivity index (χ4n) is 2.82. The SMILES string of the molecule is CC(C)(C)OC(=O)NC(C)(C)C(=O)Nc1nc(-c2ccccc2)c(-c2ccccc2)s1. The van der Waals surface area contributed by atoms with E-state index in [1.54, 1.807) is 34.6 Å². The smallest absolute Gasteiger partial charge is 0.408 e. The van der Waals surface area contributed by atoms with Crippen molar-refractivity contribution in [2.24, 2.45) is 0 Å². The summed E-state index contributed by atoms with van der Waals surface area (Å²) < 4.78 is 5.27. The predicted molar refractivity (Wildman–Crippen MR) is 125 cm³/mol. The van der Waals surface area contributed by atoms with Gasteiger partial charge in [0.1, 0.15) is 11.1 Å². The summed E-state index contributed by atoms with van der Waals surface area (Å²) in [4.78, 5) is 30.7. The lowest BCUT2D eigenvalue weighted by Crippen LogP contribution is -2.53. The van der Waals surface area contributed by atoms with E-state index in [2.05, 4.69) is 10.6 Å². The van der Waals surface area contributed by atoms with Crippen LogP contribution in [0.2, 0.25) is 0 Å². The Morgan fingerprint density at radius 3 is 1.97 bits per heavy atom. The minimum Gasteiger partial charge on any atom is -0.444 e. The number of hydrogen-bond acceptors (Lipinski definition) is 5. The lowest BCUT2D eigenvalue weighted by atomic mass is 10.1. The fraction of sp³-hybridized carbons (Fsp3) is 0.292. The Labute approximate surface area is 186 Å². The van der Waals surface area contributed by atoms with Crippen LogP contribution >= 0.6 is 11.3 Å². The molecule has 7 heteroatoms. The van der Waals surface area contributed by atoms with Gasteiger partial charge in [-0.2, -0.15) is 0 Å². The average Bonchev–Trinajstić information content (AvgIpc) is 3.11. The summed E-state index contributed by atoms with van der Waals surface area (Å²) in [5.41, 5.74) is 0.939. The van der Waals surface area contributed by atoms with Crippen LogP contribution in [0.3, 0.4) is 0 Å². The number of hydrogen-bond donors (Lipinski definition) is 2. The number of amides is 2. The Morgan fingerprint density at radius 1 is 0.871 bits per heavy atom. The molecule has 0 fully saturated rings. The summed E-state index contributed by atoms with van der Waals surface area (Å²) >= 11 is 1.39.